The molecule has 1 aliphatic heterocycles. The van der Waals surface area contributed by atoms with Gasteiger partial charge in [0.05, 0.1) is 10.5 Å². The van der Waals surface area contributed by atoms with E-state index in [0.717, 1.165) is 22.4 Å². The van der Waals surface area contributed by atoms with Gasteiger partial charge < -0.3 is 18.9 Å². The molecule has 34 heavy (non-hydrogen) atoms. The van der Waals surface area contributed by atoms with E-state index in [1.165, 1.54) is 13.8 Å². The van der Waals surface area contributed by atoms with Crippen LogP contribution < -0.4 is 4.74 Å². The molecule has 0 aromatic heterocycles. The summed E-state index contributed by atoms with van der Waals surface area (Å²) in [6, 6.07) is 13.7. The molecule has 0 bridgehead atoms. The third-order valence-corrected chi connectivity index (χ3v) is 8.05. The number of hydrogen-bond acceptors (Lipinski definition) is 6. The van der Waals surface area contributed by atoms with Gasteiger partial charge in [0.2, 0.25) is 0 Å². The van der Waals surface area contributed by atoms with Crippen molar-refractivity contribution in [3.05, 3.63) is 64.2 Å². The SMILES string of the molecule is CCOc1ccc(Cc2cc(C3OC(CI)C(OC(C)=O)C(I)C3OC(C)=O)ccc2Cl)cc1. The van der Waals surface area contributed by atoms with Crippen LogP contribution in [0.25, 0.3) is 0 Å². The van der Waals surface area contributed by atoms with Gasteiger partial charge in [-0.1, -0.05) is 81.0 Å². The minimum absolute atomic E-state index is 0.283. The van der Waals surface area contributed by atoms with Gasteiger partial charge in [0, 0.05) is 23.3 Å². The molecule has 1 fully saturated rings. The molecule has 5 atom stereocenters. The van der Waals surface area contributed by atoms with Crippen molar-refractivity contribution in [2.24, 2.45) is 0 Å². The zero-order chi connectivity index (χ0) is 24.8. The van der Waals surface area contributed by atoms with Crippen molar-refractivity contribution >= 4 is 68.7 Å². The average molecular weight is 713 g/mol. The Kier molecular flexibility index (Phi) is 10.3. The topological polar surface area (TPSA) is 71.1 Å². The van der Waals surface area contributed by atoms with E-state index in [9.17, 15) is 9.59 Å². The van der Waals surface area contributed by atoms with Crippen LogP contribution in [0, 0.1) is 0 Å². The van der Waals surface area contributed by atoms with Gasteiger partial charge in [0.25, 0.3) is 0 Å². The Morgan fingerprint density at radius 2 is 1.68 bits per heavy atom. The molecular weight excluding hydrogens is 686 g/mol. The molecule has 2 aromatic rings. The van der Waals surface area contributed by atoms with Gasteiger partial charge in [0.1, 0.15) is 30.2 Å². The van der Waals surface area contributed by atoms with Crippen LogP contribution in [0.15, 0.2) is 42.5 Å². The second-order valence-electron chi connectivity index (χ2n) is 7.95. The summed E-state index contributed by atoms with van der Waals surface area (Å²) in [5, 5.41) is 0.645. The minimum Gasteiger partial charge on any atom is -0.494 e. The van der Waals surface area contributed by atoms with Crippen LogP contribution in [0.3, 0.4) is 0 Å². The van der Waals surface area contributed by atoms with Crippen LogP contribution in [0.2, 0.25) is 5.02 Å². The molecule has 1 heterocycles. The molecule has 2 aromatic carbocycles. The molecule has 0 aliphatic carbocycles. The van der Waals surface area contributed by atoms with E-state index in [1.54, 1.807) is 0 Å². The molecule has 0 N–H and O–H groups in total. The van der Waals surface area contributed by atoms with E-state index in [1.807, 2.05) is 49.4 Å². The highest BCUT2D eigenvalue weighted by molar-refractivity contribution is 14.1. The van der Waals surface area contributed by atoms with Crippen molar-refractivity contribution < 1.29 is 28.5 Å². The summed E-state index contributed by atoms with van der Waals surface area (Å²) < 4.78 is 23.5. The van der Waals surface area contributed by atoms with E-state index in [4.69, 9.17) is 30.5 Å². The lowest BCUT2D eigenvalue weighted by molar-refractivity contribution is -0.194. The fourth-order valence-electron chi connectivity index (χ4n) is 3.94. The quantitative estimate of drug-likeness (QED) is 0.194. The number of carbonyl (C=O) groups is 2. The summed E-state index contributed by atoms with van der Waals surface area (Å²) >= 11 is 11.0. The first-order valence-corrected chi connectivity index (χ1v) is 14.1. The lowest BCUT2D eigenvalue weighted by atomic mass is 9.92. The highest BCUT2D eigenvalue weighted by Gasteiger charge is 2.48. The first kappa shape index (κ1) is 27.5. The van der Waals surface area contributed by atoms with Crippen LogP contribution >= 0.6 is 56.8 Å². The number of halogens is 3. The van der Waals surface area contributed by atoms with Crippen LogP contribution in [-0.4, -0.2) is 45.2 Å². The maximum absolute atomic E-state index is 11.9. The van der Waals surface area contributed by atoms with Crippen molar-refractivity contribution in [3.63, 3.8) is 0 Å². The van der Waals surface area contributed by atoms with Crippen LogP contribution in [-0.2, 0) is 30.2 Å². The summed E-state index contributed by atoms with van der Waals surface area (Å²) in [4.78, 5) is 23.6. The van der Waals surface area contributed by atoms with Gasteiger partial charge in [-0.2, -0.15) is 0 Å². The molecule has 9 heteroatoms. The van der Waals surface area contributed by atoms with Crippen molar-refractivity contribution in [3.8, 4) is 5.75 Å². The highest BCUT2D eigenvalue weighted by atomic mass is 127. The van der Waals surface area contributed by atoms with E-state index in [2.05, 4.69) is 45.2 Å². The number of alkyl halides is 2. The van der Waals surface area contributed by atoms with E-state index in [-0.39, 0.29) is 10.0 Å². The summed E-state index contributed by atoms with van der Waals surface area (Å²) in [6.45, 7) is 5.30. The lowest BCUT2D eigenvalue weighted by Crippen LogP contribution is -2.55. The Morgan fingerprint density at radius 1 is 1.03 bits per heavy atom. The Labute approximate surface area is 232 Å². The number of rotatable bonds is 8. The predicted octanol–water partition coefficient (Wildman–Crippen LogP) is 5.87. The maximum atomic E-state index is 11.9. The molecule has 184 valence electrons. The van der Waals surface area contributed by atoms with E-state index >= 15 is 0 Å². The fraction of sp³-hybridized carbons (Fsp3) is 0.440. The van der Waals surface area contributed by atoms with E-state index < -0.39 is 30.3 Å². The van der Waals surface area contributed by atoms with Gasteiger partial charge in [-0.25, -0.2) is 0 Å². The molecule has 1 aliphatic rings. The molecule has 6 nitrogen and oxygen atoms in total. The van der Waals surface area contributed by atoms with Gasteiger partial charge in [0.15, 0.2) is 0 Å². The molecule has 0 amide bonds. The summed E-state index contributed by atoms with van der Waals surface area (Å²) in [6.07, 6.45) is -1.38. The Balaban J connectivity index is 1.91. The molecular formula is C25H27ClI2O6. The maximum Gasteiger partial charge on any atom is 0.303 e. The second-order valence-corrected chi connectivity index (χ2v) is 10.7. The van der Waals surface area contributed by atoms with E-state index in [0.29, 0.717) is 22.5 Å². The predicted molar refractivity (Wildman–Crippen MR) is 147 cm³/mol. The number of carbonyl (C=O) groups excluding carboxylic acids is 2. The second kappa shape index (κ2) is 12.7. The fourth-order valence-corrected chi connectivity index (χ4v) is 5.97. The highest BCUT2D eigenvalue weighted by Crippen LogP contribution is 2.40. The molecule has 3 rings (SSSR count). The van der Waals surface area contributed by atoms with Crippen LogP contribution in [0.4, 0.5) is 0 Å². The normalized spacial score (nSPS) is 24.4. The summed E-state index contributed by atoms with van der Waals surface area (Å²) in [7, 11) is 0. The molecule has 0 radical (unpaired) electrons. The third kappa shape index (κ3) is 6.98. The van der Waals surface area contributed by atoms with Crippen molar-refractivity contribution in [2.45, 2.75) is 55.5 Å². The average Bonchev–Trinajstić information content (AvgIpc) is 2.79. The van der Waals surface area contributed by atoms with Gasteiger partial charge in [-0.15, -0.1) is 0 Å². The Morgan fingerprint density at radius 3 is 2.26 bits per heavy atom. The monoisotopic (exact) mass is 712 g/mol. The van der Waals surface area contributed by atoms with Crippen LogP contribution in [0.1, 0.15) is 43.6 Å². The minimum atomic E-state index is -0.624. The molecule has 0 spiro atoms. The smallest absolute Gasteiger partial charge is 0.303 e. The van der Waals surface area contributed by atoms with Crippen molar-refractivity contribution in [2.75, 3.05) is 11.0 Å². The Bertz CT molecular complexity index is 999. The summed E-state index contributed by atoms with van der Waals surface area (Å²) in [5.41, 5.74) is 2.89. The van der Waals surface area contributed by atoms with Crippen molar-refractivity contribution in [1.29, 1.82) is 0 Å². The standard InChI is InChI=1S/C25H27ClI2O6/c1-4-31-19-8-5-16(6-9-19)11-18-12-17(7-10-20(18)26)23-25(33-15(3)30)22(28)24(32-14(2)29)21(13-27)34-23/h5-10,12,21-25H,4,11,13H2,1-3H3. The zero-order valence-corrected chi connectivity index (χ0v) is 24.2. The molecule has 1 saturated heterocycles. The van der Waals surface area contributed by atoms with Gasteiger partial charge in [-0.05, 0) is 48.2 Å². The first-order valence-electron chi connectivity index (χ1n) is 10.9. The number of ether oxygens (including phenoxy) is 4. The third-order valence-electron chi connectivity index (χ3n) is 5.40. The number of benzene rings is 2. The zero-order valence-electron chi connectivity index (χ0n) is 19.1. The van der Waals surface area contributed by atoms with Gasteiger partial charge >= 0.3 is 11.9 Å². The van der Waals surface area contributed by atoms with Crippen LogP contribution in [0.5, 0.6) is 5.75 Å². The number of esters is 2. The largest absolute Gasteiger partial charge is 0.494 e. The first-order chi connectivity index (χ1) is 16.2. The lowest BCUT2D eigenvalue weighted by Gasteiger charge is -2.43. The van der Waals surface area contributed by atoms with Crippen molar-refractivity contribution in [1.82, 2.24) is 0 Å². The molecule has 0 saturated carbocycles. The number of hydrogen-bond donors (Lipinski definition) is 0. The van der Waals surface area contributed by atoms with Gasteiger partial charge in [-0.3, -0.25) is 9.59 Å². The molecule has 5 unspecified atom stereocenters. The summed E-state index contributed by atoms with van der Waals surface area (Å²) in [5.74, 6) is 0.0128. The Hall–Kier alpha value is -1.11.